The smallest absolute Gasteiger partial charge is 0.246 e. The molecule has 1 N–H and O–H groups in total. The van der Waals surface area contributed by atoms with E-state index in [1.807, 2.05) is 0 Å². The lowest BCUT2D eigenvalue weighted by Crippen LogP contribution is -2.54. The van der Waals surface area contributed by atoms with Gasteiger partial charge in [-0.25, -0.2) is 8.42 Å². The van der Waals surface area contributed by atoms with Crippen LogP contribution in [0.15, 0.2) is 35.5 Å². The maximum Gasteiger partial charge on any atom is 0.246 e. The van der Waals surface area contributed by atoms with Gasteiger partial charge in [0, 0.05) is 30.8 Å². The van der Waals surface area contributed by atoms with Crippen LogP contribution in [-0.2, 0) is 14.8 Å². The zero-order valence-electron chi connectivity index (χ0n) is 17.7. The number of fused-ring (bicyclic) bond motifs is 3. The first-order valence-electron chi connectivity index (χ1n) is 10.6. The van der Waals surface area contributed by atoms with Gasteiger partial charge in [0.1, 0.15) is 16.2 Å². The van der Waals surface area contributed by atoms with Gasteiger partial charge < -0.3 is 9.47 Å². The minimum atomic E-state index is -3.49. The largest absolute Gasteiger partial charge is 0.487 e. The molecule has 30 heavy (non-hydrogen) atoms. The fourth-order valence-electron chi connectivity index (χ4n) is 5.33. The van der Waals surface area contributed by atoms with E-state index >= 15 is 0 Å². The molecule has 1 spiro atoms. The van der Waals surface area contributed by atoms with Gasteiger partial charge in [-0.3, -0.25) is 5.10 Å². The predicted octanol–water partition coefficient (Wildman–Crippen LogP) is 3.44. The lowest BCUT2D eigenvalue weighted by atomic mass is 9.64. The molecule has 2 saturated heterocycles. The number of aromatic nitrogens is 2. The van der Waals surface area contributed by atoms with Gasteiger partial charge in [-0.1, -0.05) is 12.1 Å². The number of hydrogen-bond acceptors (Lipinski definition) is 5. The van der Waals surface area contributed by atoms with Crippen molar-refractivity contribution in [2.75, 3.05) is 19.7 Å². The molecule has 1 aromatic heterocycles. The van der Waals surface area contributed by atoms with E-state index in [1.54, 1.807) is 4.31 Å². The Balaban J connectivity index is 1.35. The number of benzene rings is 1. The molecule has 1 aromatic carbocycles. The Morgan fingerprint density at radius 3 is 2.70 bits per heavy atom. The molecule has 0 saturated carbocycles. The molecule has 3 aliphatic heterocycles. The number of H-pyrrole nitrogens is 1. The predicted molar refractivity (Wildman–Crippen MR) is 112 cm³/mol. The normalized spacial score (nSPS) is 27.8. The van der Waals surface area contributed by atoms with E-state index in [1.165, 1.54) is 18.0 Å². The SMILES string of the molecule is Cc1ccc2c(c1)OC(C)(C)[C@H]1CC3(CCN(S(=O)(=O)c4cn[nH]c4)CC3)CO[C@H]21. The number of ether oxygens (including phenoxy) is 2. The molecule has 2 fully saturated rings. The first-order valence-corrected chi connectivity index (χ1v) is 12.0. The van der Waals surface area contributed by atoms with Crippen LogP contribution in [0.1, 0.15) is 50.3 Å². The van der Waals surface area contributed by atoms with Crippen LogP contribution in [0.4, 0.5) is 0 Å². The Labute approximate surface area is 177 Å². The van der Waals surface area contributed by atoms with Crippen molar-refractivity contribution in [1.29, 1.82) is 0 Å². The molecule has 4 heterocycles. The summed E-state index contributed by atoms with van der Waals surface area (Å²) in [4.78, 5) is 0.229. The van der Waals surface area contributed by atoms with Crippen molar-refractivity contribution in [2.45, 2.75) is 56.6 Å². The van der Waals surface area contributed by atoms with Crippen molar-refractivity contribution in [2.24, 2.45) is 11.3 Å². The highest BCUT2D eigenvalue weighted by Crippen LogP contribution is 2.55. The van der Waals surface area contributed by atoms with Crippen molar-refractivity contribution < 1.29 is 17.9 Å². The van der Waals surface area contributed by atoms with E-state index in [0.29, 0.717) is 19.7 Å². The van der Waals surface area contributed by atoms with Crippen molar-refractivity contribution >= 4 is 10.0 Å². The third kappa shape index (κ3) is 3.16. The quantitative estimate of drug-likeness (QED) is 0.787. The van der Waals surface area contributed by atoms with Gasteiger partial charge in [-0.2, -0.15) is 9.40 Å². The van der Waals surface area contributed by atoms with Crippen molar-refractivity contribution in [3.05, 3.63) is 41.7 Å². The highest BCUT2D eigenvalue weighted by Gasteiger charge is 2.53. The van der Waals surface area contributed by atoms with E-state index in [2.05, 4.69) is 49.2 Å². The van der Waals surface area contributed by atoms with E-state index in [0.717, 1.165) is 30.6 Å². The number of piperidine rings is 1. The summed E-state index contributed by atoms with van der Waals surface area (Å²) in [5.41, 5.74) is 1.98. The second-order valence-corrected chi connectivity index (χ2v) is 11.6. The van der Waals surface area contributed by atoms with Crippen LogP contribution in [0.25, 0.3) is 0 Å². The molecular weight excluding hydrogens is 402 g/mol. The maximum atomic E-state index is 12.8. The summed E-state index contributed by atoms with van der Waals surface area (Å²) >= 11 is 0. The van der Waals surface area contributed by atoms with E-state index in [-0.39, 0.29) is 27.9 Å². The first-order chi connectivity index (χ1) is 14.2. The van der Waals surface area contributed by atoms with E-state index in [9.17, 15) is 8.42 Å². The number of aryl methyl sites for hydroxylation is 1. The van der Waals surface area contributed by atoms with Crippen LogP contribution in [0.5, 0.6) is 5.75 Å². The maximum absolute atomic E-state index is 12.8. The van der Waals surface area contributed by atoms with Gasteiger partial charge >= 0.3 is 0 Å². The Kier molecular flexibility index (Phi) is 4.54. The molecule has 2 atom stereocenters. The average molecular weight is 432 g/mol. The molecule has 8 heteroatoms. The minimum Gasteiger partial charge on any atom is -0.487 e. The van der Waals surface area contributed by atoms with Gasteiger partial charge in [0.15, 0.2) is 0 Å². The summed E-state index contributed by atoms with van der Waals surface area (Å²) in [6.45, 7) is 8.05. The van der Waals surface area contributed by atoms with Crippen LogP contribution in [0.3, 0.4) is 0 Å². The summed E-state index contributed by atoms with van der Waals surface area (Å²) in [5.74, 6) is 1.16. The lowest BCUT2D eigenvalue weighted by Gasteiger charge is -2.54. The molecule has 0 unspecified atom stereocenters. The first kappa shape index (κ1) is 20.0. The highest BCUT2D eigenvalue weighted by atomic mass is 32.2. The molecule has 162 valence electrons. The summed E-state index contributed by atoms with van der Waals surface area (Å²) in [6, 6.07) is 6.35. The van der Waals surface area contributed by atoms with Crippen molar-refractivity contribution in [3.8, 4) is 5.75 Å². The Morgan fingerprint density at radius 2 is 2.00 bits per heavy atom. The second-order valence-electron chi connectivity index (χ2n) is 9.63. The minimum absolute atomic E-state index is 0.00753. The second kappa shape index (κ2) is 6.80. The number of nitrogens with one attached hydrogen (secondary N) is 1. The van der Waals surface area contributed by atoms with Crippen molar-refractivity contribution in [3.63, 3.8) is 0 Å². The van der Waals surface area contributed by atoms with Crippen LogP contribution in [0.2, 0.25) is 0 Å². The van der Waals surface area contributed by atoms with Gasteiger partial charge in [0.25, 0.3) is 0 Å². The Morgan fingerprint density at radius 1 is 1.23 bits per heavy atom. The van der Waals surface area contributed by atoms with Gasteiger partial charge in [-0.05, 0) is 57.1 Å². The lowest BCUT2D eigenvalue weighted by molar-refractivity contribution is -0.172. The molecule has 3 aliphatic rings. The van der Waals surface area contributed by atoms with Gasteiger partial charge in [-0.15, -0.1) is 0 Å². The van der Waals surface area contributed by atoms with E-state index < -0.39 is 10.0 Å². The van der Waals surface area contributed by atoms with Crippen LogP contribution < -0.4 is 4.74 Å². The molecule has 7 nitrogen and oxygen atoms in total. The molecule has 0 radical (unpaired) electrons. The number of sulfonamides is 1. The van der Waals surface area contributed by atoms with Crippen LogP contribution in [0, 0.1) is 18.3 Å². The number of rotatable bonds is 2. The average Bonchev–Trinajstić information content (AvgIpc) is 3.24. The van der Waals surface area contributed by atoms with Gasteiger partial charge in [0.2, 0.25) is 10.0 Å². The number of aromatic amines is 1. The highest BCUT2D eigenvalue weighted by molar-refractivity contribution is 7.89. The fourth-order valence-corrected chi connectivity index (χ4v) is 6.68. The molecule has 0 bridgehead atoms. The summed E-state index contributed by atoms with van der Waals surface area (Å²) in [5, 5.41) is 6.38. The fraction of sp³-hybridized carbons (Fsp3) is 0.591. The summed E-state index contributed by atoms with van der Waals surface area (Å²) in [7, 11) is -3.49. The van der Waals surface area contributed by atoms with Crippen molar-refractivity contribution in [1.82, 2.24) is 14.5 Å². The molecule has 0 amide bonds. The summed E-state index contributed by atoms with van der Waals surface area (Å²) < 4.78 is 40.2. The molecule has 2 aromatic rings. The monoisotopic (exact) mass is 431 g/mol. The third-order valence-electron chi connectivity index (χ3n) is 7.22. The Bertz CT molecular complexity index is 1040. The standard InChI is InChI=1S/C22H29N3O4S/c1-15-4-5-17-19(10-15)29-21(2,3)18-11-22(14-28-20(17)18)6-8-25(9-7-22)30(26,27)16-12-23-24-13-16/h4-5,10,12-13,18,20H,6-9,11,14H2,1-3H3,(H,23,24)/t18-,20+/m0/s1. The van der Waals surface area contributed by atoms with Crippen LogP contribution >= 0.6 is 0 Å². The number of nitrogens with zero attached hydrogens (tertiary/aromatic N) is 2. The Hall–Kier alpha value is -1.90. The van der Waals surface area contributed by atoms with E-state index in [4.69, 9.17) is 9.47 Å². The summed E-state index contributed by atoms with van der Waals surface area (Å²) in [6.07, 6.45) is 5.42. The zero-order chi connectivity index (χ0) is 21.1. The van der Waals surface area contributed by atoms with Crippen LogP contribution in [-0.4, -0.2) is 48.2 Å². The third-order valence-corrected chi connectivity index (χ3v) is 9.09. The molecule has 5 rings (SSSR count). The van der Waals surface area contributed by atoms with Gasteiger partial charge in [0.05, 0.1) is 18.9 Å². The zero-order valence-corrected chi connectivity index (χ0v) is 18.5. The topological polar surface area (TPSA) is 84.5 Å². The molecule has 0 aliphatic carbocycles. The number of hydrogen-bond donors (Lipinski definition) is 1. The molecular formula is C22H29N3O4S.